The Balaban J connectivity index is 0.000000982. The Kier molecular flexibility index (Phi) is 12.1. The molecule has 0 atom stereocenters. The fourth-order valence-electron chi connectivity index (χ4n) is 0.920. The highest BCUT2D eigenvalue weighted by Gasteiger charge is 2.01. The van der Waals surface area contributed by atoms with E-state index in [1.54, 1.807) is 24.3 Å². The van der Waals surface area contributed by atoms with Gasteiger partial charge in [-0.15, -0.1) is 11.6 Å². The summed E-state index contributed by atoms with van der Waals surface area (Å²) in [5, 5.41) is 3.05. The zero-order chi connectivity index (χ0) is 14.5. The van der Waals surface area contributed by atoms with Gasteiger partial charge >= 0.3 is 6.09 Å². The largest absolute Gasteiger partial charge is 0.436 e. The number of anilines is 1. The standard InChI is InChI=1S/C11H9Cl2NO2.Cl2H2Si/c12-6-1-2-7-16-11(15)14-10-5-3-4-9(13)8-10;1-3-2/h3-5,8H,6-7H2,(H,14,15);3H2. The number of rotatable bonds is 2. The molecule has 1 aromatic carbocycles. The van der Waals surface area contributed by atoms with Crippen molar-refractivity contribution >= 4 is 65.3 Å². The predicted octanol–water partition coefficient (Wildman–Crippen LogP) is 3.59. The van der Waals surface area contributed by atoms with Crippen molar-refractivity contribution in [2.45, 2.75) is 0 Å². The van der Waals surface area contributed by atoms with E-state index in [2.05, 4.69) is 17.2 Å². The highest BCUT2D eigenvalue weighted by Crippen LogP contribution is 2.14. The van der Waals surface area contributed by atoms with E-state index in [1.807, 2.05) is 0 Å². The van der Waals surface area contributed by atoms with Crippen LogP contribution in [0.3, 0.4) is 0 Å². The topological polar surface area (TPSA) is 38.3 Å². The predicted molar refractivity (Wildman–Crippen MR) is 85.2 cm³/mol. The van der Waals surface area contributed by atoms with Crippen LogP contribution in [0.15, 0.2) is 24.3 Å². The van der Waals surface area contributed by atoms with Gasteiger partial charge in [0.25, 0.3) is 0 Å². The molecule has 1 aromatic rings. The monoisotopic (exact) mass is 357 g/mol. The first-order valence-electron chi connectivity index (χ1n) is 4.97. The number of carbonyl (C=O) groups excluding carboxylic acids is 1. The van der Waals surface area contributed by atoms with Crippen LogP contribution in [-0.4, -0.2) is 26.7 Å². The minimum Gasteiger partial charge on any atom is -0.436 e. The summed E-state index contributed by atoms with van der Waals surface area (Å²) in [6.45, 7) is 0.0130. The molecule has 0 heterocycles. The maximum Gasteiger partial charge on any atom is 0.412 e. The first-order chi connectivity index (χ1) is 9.13. The number of hydrogen-bond donors (Lipinski definition) is 1. The summed E-state index contributed by atoms with van der Waals surface area (Å²) in [4.78, 5) is 11.2. The van der Waals surface area contributed by atoms with Gasteiger partial charge in [-0.2, -0.15) is 22.2 Å². The second-order valence-corrected chi connectivity index (χ2v) is 6.13. The maximum absolute atomic E-state index is 11.2. The van der Waals surface area contributed by atoms with E-state index in [1.165, 1.54) is 0 Å². The van der Waals surface area contributed by atoms with E-state index in [0.29, 0.717) is 10.7 Å². The van der Waals surface area contributed by atoms with Crippen molar-refractivity contribution in [3.63, 3.8) is 0 Å². The molecule has 0 saturated heterocycles. The molecule has 0 spiro atoms. The summed E-state index contributed by atoms with van der Waals surface area (Å²) >= 11 is 20.9. The summed E-state index contributed by atoms with van der Waals surface area (Å²) in [6.07, 6.45) is -0.578. The molecule has 0 aromatic heterocycles. The fourth-order valence-corrected chi connectivity index (χ4v) is 1.20. The Hall–Kier alpha value is -0.573. The Morgan fingerprint density at radius 2 is 2.05 bits per heavy atom. The lowest BCUT2D eigenvalue weighted by atomic mass is 10.3. The number of alkyl halides is 1. The van der Waals surface area contributed by atoms with Crippen molar-refractivity contribution in [1.82, 2.24) is 0 Å². The first-order valence-corrected chi connectivity index (χ1v) is 10.2. The lowest BCUT2D eigenvalue weighted by molar-refractivity contribution is 0.176. The second kappa shape index (κ2) is 12.5. The number of hydrogen-bond acceptors (Lipinski definition) is 2. The van der Waals surface area contributed by atoms with Crippen molar-refractivity contribution in [3.8, 4) is 11.8 Å². The summed E-state index contributed by atoms with van der Waals surface area (Å²) < 4.78 is 4.76. The van der Waals surface area contributed by atoms with Crippen LogP contribution in [0.4, 0.5) is 10.5 Å². The highest BCUT2D eigenvalue weighted by molar-refractivity contribution is 7.22. The van der Waals surface area contributed by atoms with Gasteiger partial charge in [-0.25, -0.2) is 4.79 Å². The van der Waals surface area contributed by atoms with Gasteiger partial charge in [-0.3, -0.25) is 5.32 Å². The van der Waals surface area contributed by atoms with E-state index in [9.17, 15) is 4.79 Å². The molecule has 1 amide bonds. The molecule has 0 radical (unpaired) electrons. The third kappa shape index (κ3) is 11.0. The van der Waals surface area contributed by atoms with E-state index < -0.39 is 14.2 Å². The molecule has 0 fully saturated rings. The normalized spacial score (nSPS) is 8.42. The smallest absolute Gasteiger partial charge is 0.412 e. The number of benzene rings is 1. The molecule has 8 heteroatoms. The highest BCUT2D eigenvalue weighted by atomic mass is 35.7. The van der Waals surface area contributed by atoms with Crippen LogP contribution in [0.25, 0.3) is 0 Å². The van der Waals surface area contributed by atoms with Crippen molar-refractivity contribution in [2.24, 2.45) is 0 Å². The third-order valence-corrected chi connectivity index (χ3v) is 1.91. The lowest BCUT2D eigenvalue weighted by Crippen LogP contribution is -2.13. The van der Waals surface area contributed by atoms with Crippen molar-refractivity contribution in [3.05, 3.63) is 29.3 Å². The molecule has 0 bridgehead atoms. The van der Waals surface area contributed by atoms with Gasteiger partial charge in [-0.1, -0.05) is 29.5 Å². The number of halogens is 4. The first kappa shape index (κ1) is 18.4. The van der Waals surface area contributed by atoms with E-state index in [0.717, 1.165) is 0 Å². The van der Waals surface area contributed by atoms with E-state index in [-0.39, 0.29) is 12.5 Å². The Morgan fingerprint density at radius 3 is 2.63 bits per heavy atom. The van der Waals surface area contributed by atoms with E-state index in [4.69, 9.17) is 50.1 Å². The molecule has 0 aliphatic carbocycles. The summed E-state index contributed by atoms with van der Waals surface area (Å²) in [6, 6.07) is 6.76. The van der Waals surface area contributed by atoms with Crippen LogP contribution < -0.4 is 5.32 Å². The van der Waals surface area contributed by atoms with Gasteiger partial charge in [0.05, 0.1) is 5.88 Å². The lowest BCUT2D eigenvalue weighted by Gasteiger charge is -2.04. The minimum atomic E-state index is -0.639. The van der Waals surface area contributed by atoms with Gasteiger partial charge in [0.15, 0.2) is 6.61 Å². The van der Waals surface area contributed by atoms with Gasteiger partial charge in [-0.05, 0) is 18.2 Å². The molecule has 1 N–H and O–H groups in total. The molecular weight excluding hydrogens is 348 g/mol. The average molecular weight is 359 g/mol. The molecule has 104 valence electrons. The van der Waals surface area contributed by atoms with Gasteiger partial charge in [0.2, 0.25) is 8.14 Å². The molecule has 3 nitrogen and oxygen atoms in total. The average Bonchev–Trinajstić information content (AvgIpc) is 2.36. The molecule has 0 saturated carbocycles. The van der Waals surface area contributed by atoms with Crippen LogP contribution in [0.2, 0.25) is 5.02 Å². The molecule has 1 rings (SSSR count). The second-order valence-electron chi connectivity index (χ2n) is 2.80. The van der Waals surface area contributed by atoms with Crippen LogP contribution >= 0.6 is 45.4 Å². The Bertz CT molecular complexity index is 448. The van der Waals surface area contributed by atoms with Crippen LogP contribution in [-0.2, 0) is 4.74 Å². The van der Waals surface area contributed by atoms with Gasteiger partial charge < -0.3 is 4.74 Å². The number of carbonyl (C=O) groups is 1. The molecular formula is C11H11Cl4NO2Si. The molecule has 0 aliphatic rings. The van der Waals surface area contributed by atoms with Crippen molar-refractivity contribution < 1.29 is 9.53 Å². The number of amides is 1. The minimum absolute atomic E-state index is 0.0130. The third-order valence-electron chi connectivity index (χ3n) is 1.54. The Labute approximate surface area is 133 Å². The number of ether oxygens (including phenoxy) is 1. The van der Waals surface area contributed by atoms with Crippen LogP contribution in [0.5, 0.6) is 0 Å². The Morgan fingerprint density at radius 1 is 1.37 bits per heavy atom. The van der Waals surface area contributed by atoms with Gasteiger partial charge in [0.1, 0.15) is 0 Å². The van der Waals surface area contributed by atoms with Crippen LogP contribution in [0, 0.1) is 11.8 Å². The van der Waals surface area contributed by atoms with Crippen LogP contribution in [0.1, 0.15) is 0 Å². The summed E-state index contributed by atoms with van der Waals surface area (Å²) in [7, 11) is -0.639. The summed E-state index contributed by atoms with van der Waals surface area (Å²) in [5.74, 6) is 5.36. The van der Waals surface area contributed by atoms with Gasteiger partial charge in [0, 0.05) is 10.7 Å². The SMILES string of the molecule is Cl[SiH2]Cl.O=C(Nc1cccc(Cl)c1)OCC#CCCl. The molecule has 0 unspecified atom stereocenters. The zero-order valence-corrected chi connectivity index (χ0v) is 14.2. The molecule has 0 aliphatic heterocycles. The van der Waals surface area contributed by atoms with Crippen molar-refractivity contribution in [2.75, 3.05) is 17.8 Å². The molecule has 19 heavy (non-hydrogen) atoms. The summed E-state index contributed by atoms with van der Waals surface area (Å²) in [5.41, 5.74) is 0.572. The van der Waals surface area contributed by atoms with E-state index >= 15 is 0 Å². The van der Waals surface area contributed by atoms with Crippen molar-refractivity contribution in [1.29, 1.82) is 0 Å². The zero-order valence-electron chi connectivity index (χ0n) is 9.76. The quantitative estimate of drug-likeness (QED) is 0.379. The number of nitrogens with one attached hydrogen (secondary N) is 1. The fraction of sp³-hybridized carbons (Fsp3) is 0.182. The maximum atomic E-state index is 11.2.